The van der Waals surface area contributed by atoms with E-state index >= 15 is 0 Å². The van der Waals surface area contributed by atoms with Gasteiger partial charge in [0.2, 0.25) is 0 Å². The average Bonchev–Trinajstić information content (AvgIpc) is 2.36. The van der Waals surface area contributed by atoms with Gasteiger partial charge in [0.1, 0.15) is 5.75 Å². The molecular formula is C13H20O3Si. The number of phenols is 1. The number of benzene rings is 1. The molecule has 17 heavy (non-hydrogen) atoms. The maximum Gasteiger partial charge on any atom is 0.328 e. The van der Waals surface area contributed by atoms with Gasteiger partial charge in [-0.3, -0.25) is 0 Å². The van der Waals surface area contributed by atoms with Crippen LogP contribution in [0.3, 0.4) is 0 Å². The molecule has 0 unspecified atom stereocenters. The molecule has 0 atom stereocenters. The Bertz CT molecular complexity index is 378. The summed E-state index contributed by atoms with van der Waals surface area (Å²) in [5.74, 6) is -0.399. The molecule has 1 N–H and O–H groups in total. The van der Waals surface area contributed by atoms with E-state index in [1.165, 1.54) is 6.07 Å². The maximum atomic E-state index is 12.0. The predicted octanol–water partition coefficient (Wildman–Crippen LogP) is 3.55. The highest BCUT2D eigenvalue weighted by molar-refractivity contribution is 6.75. The summed E-state index contributed by atoms with van der Waals surface area (Å²) < 4.78 is 5.69. The van der Waals surface area contributed by atoms with Crippen LogP contribution in [0, 0.1) is 0 Å². The van der Waals surface area contributed by atoms with Crippen LogP contribution < -0.4 is 0 Å². The first-order valence-electron chi connectivity index (χ1n) is 6.10. The zero-order chi connectivity index (χ0) is 12.9. The molecule has 0 amide bonds. The Labute approximate surface area is 104 Å². The molecule has 0 aromatic heterocycles. The van der Waals surface area contributed by atoms with E-state index in [9.17, 15) is 9.90 Å². The summed E-state index contributed by atoms with van der Waals surface area (Å²) in [6.45, 7) is 6.20. The highest BCUT2D eigenvalue weighted by atomic mass is 28.4. The Balaban J connectivity index is 2.89. The highest BCUT2D eigenvalue weighted by Gasteiger charge is 2.33. The van der Waals surface area contributed by atoms with Crippen LogP contribution in [0.5, 0.6) is 5.75 Å². The number of carbonyl (C=O) groups excluding carboxylic acids is 1. The normalized spacial score (nSPS) is 11.2. The summed E-state index contributed by atoms with van der Waals surface area (Å²) in [5.41, 5.74) is 0.264. The van der Waals surface area contributed by atoms with Gasteiger partial charge in [0.15, 0.2) is 0 Å². The van der Waals surface area contributed by atoms with E-state index in [2.05, 4.69) is 20.8 Å². The van der Waals surface area contributed by atoms with Crippen molar-refractivity contribution in [2.45, 2.75) is 38.9 Å². The molecule has 0 aliphatic carbocycles. The van der Waals surface area contributed by atoms with E-state index in [1.807, 2.05) is 0 Å². The lowest BCUT2D eigenvalue weighted by atomic mass is 10.2. The molecule has 1 aromatic rings. The Morgan fingerprint density at radius 2 is 1.71 bits per heavy atom. The zero-order valence-electron chi connectivity index (χ0n) is 10.7. The average molecular weight is 252 g/mol. The zero-order valence-corrected chi connectivity index (χ0v) is 11.7. The van der Waals surface area contributed by atoms with Crippen LogP contribution in [-0.2, 0) is 4.43 Å². The van der Waals surface area contributed by atoms with Crippen LogP contribution in [0.15, 0.2) is 24.3 Å². The van der Waals surface area contributed by atoms with E-state index in [0.717, 1.165) is 18.1 Å². The minimum absolute atomic E-state index is 0.0105. The van der Waals surface area contributed by atoms with E-state index in [0.29, 0.717) is 0 Å². The van der Waals surface area contributed by atoms with Gasteiger partial charge in [-0.2, -0.15) is 0 Å². The first-order valence-corrected chi connectivity index (χ1v) is 8.62. The number of rotatable bonds is 5. The van der Waals surface area contributed by atoms with E-state index in [4.69, 9.17) is 4.43 Å². The van der Waals surface area contributed by atoms with Gasteiger partial charge in [-0.1, -0.05) is 32.9 Å². The lowest BCUT2D eigenvalue weighted by Gasteiger charge is -2.27. The molecule has 0 saturated heterocycles. The van der Waals surface area contributed by atoms with Crippen molar-refractivity contribution >= 4 is 14.3 Å². The summed E-state index contributed by atoms with van der Waals surface area (Å²) in [6.07, 6.45) is 0. The number of para-hydroxylation sites is 1. The maximum absolute atomic E-state index is 12.0. The molecule has 0 saturated carbocycles. The molecule has 0 aliphatic rings. The SMILES string of the molecule is CC[Si](CC)(CC)OC(=O)c1ccccc1O. The van der Waals surface area contributed by atoms with Crippen LogP contribution in [0.25, 0.3) is 0 Å². The second-order valence-electron chi connectivity index (χ2n) is 4.15. The van der Waals surface area contributed by atoms with Crippen LogP contribution in [-0.4, -0.2) is 19.4 Å². The van der Waals surface area contributed by atoms with Crippen molar-refractivity contribution in [2.75, 3.05) is 0 Å². The van der Waals surface area contributed by atoms with Gasteiger partial charge in [0, 0.05) is 0 Å². The Morgan fingerprint density at radius 1 is 1.18 bits per heavy atom. The number of carbonyl (C=O) groups is 1. The lowest BCUT2D eigenvalue weighted by molar-refractivity contribution is 0.0714. The topological polar surface area (TPSA) is 46.5 Å². The monoisotopic (exact) mass is 252 g/mol. The fraction of sp³-hybridized carbons (Fsp3) is 0.462. The van der Waals surface area contributed by atoms with Gasteiger partial charge in [0.05, 0.1) is 5.56 Å². The minimum Gasteiger partial charge on any atom is -0.516 e. The first-order chi connectivity index (χ1) is 8.08. The smallest absolute Gasteiger partial charge is 0.328 e. The molecule has 4 heteroatoms. The third-order valence-corrected chi connectivity index (χ3v) is 7.85. The van der Waals surface area contributed by atoms with Crippen molar-refractivity contribution in [3.05, 3.63) is 29.8 Å². The van der Waals surface area contributed by atoms with Crippen molar-refractivity contribution in [3.63, 3.8) is 0 Å². The van der Waals surface area contributed by atoms with E-state index < -0.39 is 8.32 Å². The highest BCUT2D eigenvalue weighted by Crippen LogP contribution is 2.25. The standard InChI is InChI=1S/C13H20O3Si/c1-4-17(5-2,6-3)16-13(15)11-9-7-8-10-12(11)14/h7-10,14H,4-6H2,1-3H3. The number of aromatic hydroxyl groups is 1. The molecule has 1 rings (SSSR count). The molecule has 94 valence electrons. The molecule has 0 fully saturated rings. The summed E-state index contributed by atoms with van der Waals surface area (Å²) in [7, 11) is -1.95. The predicted molar refractivity (Wildman–Crippen MR) is 70.7 cm³/mol. The van der Waals surface area contributed by atoms with Gasteiger partial charge in [0.25, 0.3) is 8.32 Å². The fourth-order valence-corrected chi connectivity index (χ4v) is 4.30. The summed E-state index contributed by atoms with van der Waals surface area (Å²) in [5, 5.41) is 9.61. The molecule has 0 heterocycles. The summed E-state index contributed by atoms with van der Waals surface area (Å²) in [4.78, 5) is 12.0. The molecular weight excluding hydrogens is 232 g/mol. The van der Waals surface area contributed by atoms with Crippen LogP contribution in [0.1, 0.15) is 31.1 Å². The van der Waals surface area contributed by atoms with Gasteiger partial charge in [-0.05, 0) is 30.3 Å². The Morgan fingerprint density at radius 3 is 2.18 bits per heavy atom. The number of hydrogen-bond acceptors (Lipinski definition) is 3. The molecule has 0 spiro atoms. The Kier molecular flexibility index (Phi) is 4.75. The third-order valence-electron chi connectivity index (χ3n) is 3.37. The Hall–Kier alpha value is -1.29. The van der Waals surface area contributed by atoms with Crippen molar-refractivity contribution in [3.8, 4) is 5.75 Å². The van der Waals surface area contributed by atoms with Gasteiger partial charge < -0.3 is 9.53 Å². The summed E-state index contributed by atoms with van der Waals surface area (Å²) >= 11 is 0. The number of hydrogen-bond donors (Lipinski definition) is 1. The van der Waals surface area contributed by atoms with Gasteiger partial charge in [-0.15, -0.1) is 0 Å². The number of phenolic OH excluding ortho intramolecular Hbond substituents is 1. The minimum atomic E-state index is -1.95. The van der Waals surface area contributed by atoms with Crippen molar-refractivity contribution in [1.29, 1.82) is 0 Å². The van der Waals surface area contributed by atoms with Crippen molar-refractivity contribution < 1.29 is 14.3 Å². The van der Waals surface area contributed by atoms with Crippen molar-refractivity contribution in [1.82, 2.24) is 0 Å². The third kappa shape index (κ3) is 3.09. The molecule has 1 aromatic carbocycles. The van der Waals surface area contributed by atoms with Gasteiger partial charge >= 0.3 is 5.97 Å². The quantitative estimate of drug-likeness (QED) is 0.815. The van der Waals surface area contributed by atoms with Gasteiger partial charge in [-0.25, -0.2) is 4.79 Å². The fourth-order valence-electron chi connectivity index (χ4n) is 1.86. The molecule has 0 radical (unpaired) electrons. The largest absolute Gasteiger partial charge is 0.516 e. The second kappa shape index (κ2) is 5.86. The summed E-state index contributed by atoms with van der Waals surface area (Å²) in [6, 6.07) is 9.26. The van der Waals surface area contributed by atoms with E-state index in [1.54, 1.807) is 18.2 Å². The molecule has 0 bridgehead atoms. The first kappa shape index (κ1) is 13.8. The van der Waals surface area contributed by atoms with E-state index in [-0.39, 0.29) is 17.3 Å². The van der Waals surface area contributed by atoms with Crippen molar-refractivity contribution in [2.24, 2.45) is 0 Å². The second-order valence-corrected chi connectivity index (χ2v) is 8.84. The molecule has 3 nitrogen and oxygen atoms in total. The van der Waals surface area contributed by atoms with Crippen LogP contribution in [0.4, 0.5) is 0 Å². The van der Waals surface area contributed by atoms with Crippen LogP contribution in [0.2, 0.25) is 18.1 Å². The lowest BCUT2D eigenvalue weighted by Crippen LogP contribution is -2.38. The molecule has 0 aliphatic heterocycles. The van der Waals surface area contributed by atoms with Crippen LogP contribution >= 0.6 is 0 Å².